The molecule has 0 fully saturated rings. The van der Waals surface area contributed by atoms with E-state index in [0.717, 1.165) is 33.9 Å². The smallest absolute Gasteiger partial charge is 0.279 e. The summed E-state index contributed by atoms with van der Waals surface area (Å²) in [7, 11) is 3.69. The van der Waals surface area contributed by atoms with Crippen LogP contribution in [-0.2, 0) is 14.1 Å². The molecule has 0 unspecified atom stereocenters. The zero-order chi connectivity index (χ0) is 21.7. The van der Waals surface area contributed by atoms with E-state index in [0.29, 0.717) is 11.1 Å². The number of aryl methyl sites for hydroxylation is 2. The number of nitrogens with zero attached hydrogens (tertiary/aromatic N) is 4. The fourth-order valence-electron chi connectivity index (χ4n) is 3.95. The van der Waals surface area contributed by atoms with Gasteiger partial charge in [0.25, 0.3) is 11.1 Å². The molecule has 4 rings (SSSR count). The van der Waals surface area contributed by atoms with Gasteiger partial charge in [-0.3, -0.25) is 19.0 Å². The highest BCUT2D eigenvalue weighted by molar-refractivity contribution is 5.68. The van der Waals surface area contributed by atoms with Gasteiger partial charge in [0.05, 0.1) is 22.5 Å². The van der Waals surface area contributed by atoms with Gasteiger partial charge in [-0.25, -0.2) is 9.36 Å². The monoisotopic (exact) mass is 402 g/mol. The lowest BCUT2D eigenvalue weighted by atomic mass is 10.1. The van der Waals surface area contributed by atoms with Crippen LogP contribution >= 0.6 is 0 Å². The number of benzene rings is 2. The van der Waals surface area contributed by atoms with Crippen molar-refractivity contribution in [2.24, 2.45) is 14.1 Å². The largest absolute Gasteiger partial charge is 0.285 e. The zero-order valence-corrected chi connectivity index (χ0v) is 18.2. The van der Waals surface area contributed by atoms with Gasteiger partial charge < -0.3 is 0 Å². The Hall–Kier alpha value is -3.54. The topological polar surface area (TPSA) is 53.9 Å². The first kappa shape index (κ1) is 19.8. The van der Waals surface area contributed by atoms with E-state index in [-0.39, 0.29) is 11.1 Å². The van der Waals surface area contributed by atoms with E-state index in [1.165, 1.54) is 0 Å². The lowest BCUT2D eigenvalue weighted by Gasteiger charge is -2.08. The summed E-state index contributed by atoms with van der Waals surface area (Å²) >= 11 is 0. The van der Waals surface area contributed by atoms with E-state index < -0.39 is 0 Å². The molecule has 0 saturated heterocycles. The average Bonchev–Trinajstić information content (AvgIpc) is 3.06. The van der Waals surface area contributed by atoms with Crippen LogP contribution in [0.5, 0.6) is 0 Å². The molecule has 0 spiro atoms. The van der Waals surface area contributed by atoms with Gasteiger partial charge in [0.2, 0.25) is 0 Å². The molecule has 154 valence electrons. The third kappa shape index (κ3) is 2.87. The van der Waals surface area contributed by atoms with Crippen LogP contribution < -0.4 is 11.1 Å². The SMILES string of the molecule is Cc1ccc(-n2c(=O)c(-c3c(C)n(C)n(-c4ccc(C)cc4)c3=O)c(C)n2C)cc1. The lowest BCUT2D eigenvalue weighted by Crippen LogP contribution is -2.22. The molecule has 2 heterocycles. The minimum atomic E-state index is -0.194. The summed E-state index contributed by atoms with van der Waals surface area (Å²) in [5.74, 6) is 0. The highest BCUT2D eigenvalue weighted by Gasteiger charge is 2.25. The van der Waals surface area contributed by atoms with Gasteiger partial charge in [-0.1, -0.05) is 35.4 Å². The Labute approximate surface area is 175 Å². The number of hydrogen-bond donors (Lipinski definition) is 0. The summed E-state index contributed by atoms with van der Waals surface area (Å²) in [4.78, 5) is 27.0. The van der Waals surface area contributed by atoms with Crippen LogP contribution in [0.15, 0.2) is 58.1 Å². The van der Waals surface area contributed by atoms with Gasteiger partial charge in [0.15, 0.2) is 0 Å². The molecule has 0 N–H and O–H groups in total. The fourth-order valence-corrected chi connectivity index (χ4v) is 3.95. The molecule has 0 atom stereocenters. The first-order valence-electron chi connectivity index (χ1n) is 9.94. The molecule has 0 aliphatic carbocycles. The quantitative estimate of drug-likeness (QED) is 0.526. The zero-order valence-electron chi connectivity index (χ0n) is 18.2. The summed E-state index contributed by atoms with van der Waals surface area (Å²) in [6.07, 6.45) is 0. The van der Waals surface area contributed by atoms with Crippen LogP contribution in [0.3, 0.4) is 0 Å². The van der Waals surface area contributed by atoms with E-state index in [4.69, 9.17) is 0 Å². The molecule has 6 nitrogen and oxygen atoms in total. The van der Waals surface area contributed by atoms with Crippen molar-refractivity contribution in [3.63, 3.8) is 0 Å². The molecule has 2 aromatic carbocycles. The van der Waals surface area contributed by atoms with E-state index in [1.54, 1.807) is 9.36 Å². The number of aromatic nitrogens is 4. The number of rotatable bonds is 3. The Balaban J connectivity index is 1.99. The highest BCUT2D eigenvalue weighted by atomic mass is 16.1. The molecule has 6 heteroatoms. The minimum Gasteiger partial charge on any atom is -0.285 e. The average molecular weight is 402 g/mol. The predicted molar refractivity (Wildman–Crippen MR) is 120 cm³/mol. The van der Waals surface area contributed by atoms with E-state index in [9.17, 15) is 9.59 Å². The predicted octanol–water partition coefficient (Wildman–Crippen LogP) is 3.57. The van der Waals surface area contributed by atoms with Crippen molar-refractivity contribution in [3.05, 3.63) is 91.8 Å². The second kappa shape index (κ2) is 7.06. The first-order valence-corrected chi connectivity index (χ1v) is 9.94. The van der Waals surface area contributed by atoms with Crippen molar-refractivity contribution in [1.82, 2.24) is 18.7 Å². The van der Waals surface area contributed by atoms with Crippen LogP contribution in [0.2, 0.25) is 0 Å². The maximum absolute atomic E-state index is 13.5. The van der Waals surface area contributed by atoms with Crippen LogP contribution in [-0.4, -0.2) is 18.7 Å². The molecule has 0 aliphatic rings. The molecule has 0 aliphatic heterocycles. The molecular weight excluding hydrogens is 376 g/mol. The third-order valence-electron chi connectivity index (χ3n) is 5.91. The van der Waals surface area contributed by atoms with Crippen molar-refractivity contribution < 1.29 is 0 Å². The Bertz CT molecular complexity index is 1250. The van der Waals surface area contributed by atoms with Gasteiger partial charge in [0, 0.05) is 25.5 Å². The fraction of sp³-hybridized carbons (Fsp3) is 0.250. The number of hydrogen-bond acceptors (Lipinski definition) is 2. The molecule has 0 saturated carbocycles. The third-order valence-corrected chi connectivity index (χ3v) is 5.91. The maximum atomic E-state index is 13.5. The summed E-state index contributed by atoms with van der Waals surface area (Å²) in [5, 5.41) is 0. The molecule has 4 aromatic rings. The lowest BCUT2D eigenvalue weighted by molar-refractivity contribution is 0.630. The van der Waals surface area contributed by atoms with Crippen LogP contribution in [0.1, 0.15) is 22.5 Å². The summed E-state index contributed by atoms with van der Waals surface area (Å²) < 4.78 is 6.85. The van der Waals surface area contributed by atoms with Crippen LogP contribution in [0, 0.1) is 27.7 Å². The minimum absolute atomic E-state index is 0.194. The summed E-state index contributed by atoms with van der Waals surface area (Å²) in [6.45, 7) is 7.78. The van der Waals surface area contributed by atoms with Gasteiger partial charge in [-0.05, 0) is 52.0 Å². The molecular formula is C24H26N4O2. The van der Waals surface area contributed by atoms with Crippen molar-refractivity contribution in [3.8, 4) is 22.5 Å². The first-order chi connectivity index (χ1) is 14.2. The normalized spacial score (nSPS) is 11.3. The molecule has 0 radical (unpaired) electrons. The maximum Gasteiger partial charge on any atom is 0.279 e. The summed E-state index contributed by atoms with van der Waals surface area (Å²) in [5.41, 5.74) is 5.80. The Morgan fingerprint density at radius 2 is 0.833 bits per heavy atom. The molecule has 2 aromatic heterocycles. The second-order valence-corrected chi connectivity index (χ2v) is 7.87. The van der Waals surface area contributed by atoms with Crippen molar-refractivity contribution in [2.75, 3.05) is 0 Å². The van der Waals surface area contributed by atoms with Gasteiger partial charge in [0.1, 0.15) is 0 Å². The van der Waals surface area contributed by atoms with E-state index >= 15 is 0 Å². The molecule has 30 heavy (non-hydrogen) atoms. The van der Waals surface area contributed by atoms with Crippen molar-refractivity contribution >= 4 is 0 Å². The van der Waals surface area contributed by atoms with Gasteiger partial charge >= 0.3 is 0 Å². The highest BCUT2D eigenvalue weighted by Crippen LogP contribution is 2.24. The second-order valence-electron chi connectivity index (χ2n) is 7.87. The van der Waals surface area contributed by atoms with Crippen molar-refractivity contribution in [1.29, 1.82) is 0 Å². The van der Waals surface area contributed by atoms with Crippen molar-refractivity contribution in [2.45, 2.75) is 27.7 Å². The van der Waals surface area contributed by atoms with Crippen LogP contribution in [0.4, 0.5) is 0 Å². The Kier molecular flexibility index (Phi) is 4.65. The van der Waals surface area contributed by atoms with Gasteiger partial charge in [-0.15, -0.1) is 0 Å². The Morgan fingerprint density at radius 1 is 0.533 bits per heavy atom. The standard InChI is InChI=1S/C24H26N4O2/c1-15-7-11-19(12-8-15)27-23(29)21(17(3)25(27)5)22-18(4)26(6)28(24(22)30)20-13-9-16(2)10-14-20/h7-14H,1-6H3. The molecule has 0 amide bonds. The summed E-state index contributed by atoms with van der Waals surface area (Å²) in [6, 6.07) is 15.6. The Morgan fingerprint density at radius 3 is 1.13 bits per heavy atom. The van der Waals surface area contributed by atoms with Gasteiger partial charge in [-0.2, -0.15) is 0 Å². The van der Waals surface area contributed by atoms with Crippen LogP contribution in [0.25, 0.3) is 22.5 Å². The molecule has 0 bridgehead atoms. The van der Waals surface area contributed by atoms with E-state index in [2.05, 4.69) is 0 Å². The van der Waals surface area contributed by atoms with E-state index in [1.807, 2.05) is 99.7 Å².